The first-order valence-electron chi connectivity index (χ1n) is 11.6. The predicted molar refractivity (Wildman–Crippen MR) is 133 cm³/mol. The zero-order valence-corrected chi connectivity index (χ0v) is 19.7. The highest BCUT2D eigenvalue weighted by molar-refractivity contribution is 6.04. The number of aromatic nitrogens is 2. The number of nitrogens with zero attached hydrogens (tertiary/aromatic N) is 4. The van der Waals surface area contributed by atoms with Crippen molar-refractivity contribution < 1.29 is 18.7 Å². The molecule has 0 radical (unpaired) electrons. The molecule has 0 aliphatic carbocycles. The molecule has 2 aliphatic rings. The number of cyclic esters (lactones) is 1. The van der Waals surface area contributed by atoms with Crippen LogP contribution in [0.15, 0.2) is 77.9 Å². The maximum Gasteiger partial charge on any atom is 0.418 e. The molecule has 2 amide bonds. The number of carbonyl (C=O) groups excluding carboxylic acids is 2. The van der Waals surface area contributed by atoms with Gasteiger partial charge in [0.25, 0.3) is 11.5 Å². The maximum absolute atomic E-state index is 14.1. The van der Waals surface area contributed by atoms with E-state index in [0.29, 0.717) is 16.6 Å². The Kier molecular flexibility index (Phi) is 5.34. The van der Waals surface area contributed by atoms with Crippen LogP contribution >= 0.6 is 0 Å². The number of aromatic amines is 1. The van der Waals surface area contributed by atoms with Crippen LogP contribution in [0.4, 0.5) is 14.9 Å². The smallest absolute Gasteiger partial charge is 0.418 e. The van der Waals surface area contributed by atoms with Crippen LogP contribution in [0.5, 0.6) is 0 Å². The lowest BCUT2D eigenvalue weighted by Crippen LogP contribution is -2.42. The Bertz CT molecular complexity index is 1520. The summed E-state index contributed by atoms with van der Waals surface area (Å²) in [6.45, 7) is 1.70. The van der Waals surface area contributed by atoms with E-state index in [9.17, 15) is 14.0 Å². The van der Waals surface area contributed by atoms with Gasteiger partial charge in [-0.2, -0.15) is 5.10 Å². The van der Waals surface area contributed by atoms with Crippen LogP contribution < -0.4 is 16.1 Å². The van der Waals surface area contributed by atoms with Gasteiger partial charge >= 0.3 is 6.09 Å². The number of imide groups is 1. The number of halogens is 1. The Balaban J connectivity index is 1.43. The predicted octanol–water partition coefficient (Wildman–Crippen LogP) is 3.65. The fourth-order valence-corrected chi connectivity index (χ4v) is 4.64. The molecule has 1 aromatic heterocycles. The number of hydrazine groups is 2. The molecule has 3 N–H and O–H groups in total. The number of hydrazone groups is 1. The van der Waals surface area contributed by atoms with Crippen LogP contribution in [0.2, 0.25) is 0 Å². The first-order chi connectivity index (χ1) is 17.9. The molecule has 37 heavy (non-hydrogen) atoms. The van der Waals surface area contributed by atoms with Crippen molar-refractivity contribution in [2.24, 2.45) is 5.10 Å². The molecule has 10 nitrogen and oxygen atoms in total. The molecule has 2 aliphatic heterocycles. The lowest BCUT2D eigenvalue weighted by Gasteiger charge is -2.25. The summed E-state index contributed by atoms with van der Waals surface area (Å²) in [7, 11) is 0. The summed E-state index contributed by atoms with van der Waals surface area (Å²) in [5, 5.41) is 5.58. The Morgan fingerprint density at radius 3 is 2.57 bits per heavy atom. The number of H-pyrrole nitrogens is 1. The van der Waals surface area contributed by atoms with Crippen LogP contribution in [0.1, 0.15) is 29.9 Å². The van der Waals surface area contributed by atoms with Crippen molar-refractivity contribution in [3.8, 4) is 0 Å². The van der Waals surface area contributed by atoms with E-state index < -0.39 is 29.5 Å². The van der Waals surface area contributed by atoms with Crippen LogP contribution in [0.25, 0.3) is 11.0 Å². The van der Waals surface area contributed by atoms with Crippen molar-refractivity contribution in [1.29, 1.82) is 0 Å². The first-order valence-corrected chi connectivity index (χ1v) is 11.6. The number of rotatable bonds is 6. The highest BCUT2D eigenvalue weighted by Gasteiger charge is 2.58. The van der Waals surface area contributed by atoms with E-state index in [0.717, 1.165) is 16.2 Å². The van der Waals surface area contributed by atoms with Gasteiger partial charge < -0.3 is 9.72 Å². The van der Waals surface area contributed by atoms with Crippen LogP contribution in [-0.4, -0.2) is 33.2 Å². The average Bonchev–Trinajstić information content (AvgIpc) is 3.63. The third-order valence-corrected chi connectivity index (χ3v) is 6.59. The molecule has 0 unspecified atom stereocenters. The molecule has 0 spiro atoms. The van der Waals surface area contributed by atoms with E-state index in [-0.39, 0.29) is 12.2 Å². The number of anilines is 1. The van der Waals surface area contributed by atoms with Crippen molar-refractivity contribution in [3.63, 3.8) is 0 Å². The zero-order chi connectivity index (χ0) is 25.6. The summed E-state index contributed by atoms with van der Waals surface area (Å²) in [5.41, 5.74) is 7.21. The van der Waals surface area contributed by atoms with Crippen LogP contribution in [0.3, 0.4) is 0 Å². The second-order valence-corrected chi connectivity index (χ2v) is 8.89. The standard InChI is InChI=1S/C26H22FN7O3/c1-16(18-7-9-19(27)10-8-18)34-24(35)26(37-25(34)36,14-17-5-3-2-4-6-17)23-29-21-12-11-20(13-22(21)30-23)33-15-28-31-32-33/h2-13,15-16,31-32H,14H2,1H3,(H,29,30)/t16-,26-/m1/s1. The van der Waals surface area contributed by atoms with Gasteiger partial charge in [-0.25, -0.2) is 29.6 Å². The van der Waals surface area contributed by atoms with Crippen LogP contribution in [0, 0.1) is 5.82 Å². The van der Waals surface area contributed by atoms with Crippen molar-refractivity contribution in [2.45, 2.75) is 25.0 Å². The number of hydrogen-bond acceptors (Lipinski definition) is 8. The van der Waals surface area contributed by atoms with E-state index in [2.05, 4.69) is 26.1 Å². The van der Waals surface area contributed by atoms with E-state index >= 15 is 0 Å². The largest absolute Gasteiger partial charge is 0.424 e. The summed E-state index contributed by atoms with van der Waals surface area (Å²) in [4.78, 5) is 36.3. The van der Waals surface area contributed by atoms with E-state index in [1.54, 1.807) is 36.5 Å². The van der Waals surface area contributed by atoms with Gasteiger partial charge in [0.15, 0.2) is 5.82 Å². The molecule has 3 aromatic carbocycles. The Morgan fingerprint density at radius 2 is 1.84 bits per heavy atom. The Hall–Kier alpha value is -4.77. The highest BCUT2D eigenvalue weighted by atomic mass is 19.1. The van der Waals surface area contributed by atoms with E-state index in [4.69, 9.17) is 4.74 Å². The lowest BCUT2D eigenvalue weighted by atomic mass is 9.92. The third-order valence-electron chi connectivity index (χ3n) is 6.59. The van der Waals surface area contributed by atoms with Gasteiger partial charge in [0.1, 0.15) is 12.2 Å². The molecule has 0 saturated carbocycles. The molecule has 186 valence electrons. The van der Waals surface area contributed by atoms with Gasteiger partial charge in [0.05, 0.1) is 22.8 Å². The van der Waals surface area contributed by atoms with Gasteiger partial charge in [-0.3, -0.25) is 4.79 Å². The monoisotopic (exact) mass is 499 g/mol. The highest BCUT2D eigenvalue weighted by Crippen LogP contribution is 2.41. The molecule has 3 heterocycles. The second kappa shape index (κ2) is 8.71. The molecule has 0 bridgehead atoms. The van der Waals surface area contributed by atoms with Gasteiger partial charge in [-0.15, -0.1) is 5.53 Å². The Labute approximate surface area is 210 Å². The maximum atomic E-state index is 14.1. The second-order valence-electron chi connectivity index (χ2n) is 8.89. The Morgan fingerprint density at radius 1 is 1.05 bits per heavy atom. The molecule has 4 aromatic rings. The number of carbonyl (C=O) groups is 2. The summed E-state index contributed by atoms with van der Waals surface area (Å²) >= 11 is 0. The summed E-state index contributed by atoms with van der Waals surface area (Å²) < 4.78 is 19.4. The van der Waals surface area contributed by atoms with E-state index in [1.165, 1.54) is 12.1 Å². The molecular weight excluding hydrogens is 477 g/mol. The average molecular weight is 500 g/mol. The number of nitrogens with one attached hydrogen (secondary N) is 3. The molecule has 6 rings (SSSR count). The quantitative estimate of drug-likeness (QED) is 0.371. The van der Waals surface area contributed by atoms with Gasteiger partial charge in [0, 0.05) is 6.42 Å². The van der Waals surface area contributed by atoms with Crippen molar-refractivity contribution in [3.05, 3.63) is 95.6 Å². The topological polar surface area (TPSA) is 115 Å². The number of imidazole rings is 1. The first kappa shape index (κ1) is 22.7. The van der Waals surface area contributed by atoms with Crippen molar-refractivity contribution >= 4 is 35.1 Å². The normalized spacial score (nSPS) is 19.9. The van der Waals surface area contributed by atoms with Gasteiger partial charge in [-0.1, -0.05) is 42.5 Å². The minimum Gasteiger partial charge on any atom is -0.424 e. The molecule has 11 heteroatoms. The fourth-order valence-electron chi connectivity index (χ4n) is 4.64. The van der Waals surface area contributed by atoms with Crippen molar-refractivity contribution in [2.75, 3.05) is 5.01 Å². The third kappa shape index (κ3) is 3.85. The minimum atomic E-state index is -1.71. The molecule has 1 saturated heterocycles. The number of ether oxygens (including phenoxy) is 1. The number of fused-ring (bicyclic) bond motifs is 1. The fraction of sp³-hybridized carbons (Fsp3) is 0.154. The summed E-state index contributed by atoms with van der Waals surface area (Å²) in [5.74, 6) is -0.732. The SMILES string of the molecule is C[C@H](c1ccc(F)cc1)N1C(=O)O[C@](Cc2ccccc2)(c2nc3ccc(N4C=NNN4)cc3[nH]2)C1=O. The number of benzene rings is 3. The van der Waals surface area contributed by atoms with Crippen molar-refractivity contribution in [1.82, 2.24) is 25.9 Å². The number of hydrogen-bond donors (Lipinski definition) is 3. The molecule has 2 atom stereocenters. The van der Waals surface area contributed by atoms with E-state index in [1.807, 2.05) is 42.5 Å². The summed E-state index contributed by atoms with van der Waals surface area (Å²) in [6.07, 6.45) is 0.872. The van der Waals surface area contributed by atoms with Gasteiger partial charge in [-0.05, 0) is 48.4 Å². The van der Waals surface area contributed by atoms with Gasteiger partial charge in [0.2, 0.25) is 0 Å². The zero-order valence-electron chi connectivity index (χ0n) is 19.7. The molecule has 1 fully saturated rings. The minimum absolute atomic E-state index is 0.0853. The summed E-state index contributed by atoms with van der Waals surface area (Å²) in [6, 6.07) is 19.8. The van der Waals surface area contributed by atoms with Crippen LogP contribution in [-0.2, 0) is 21.6 Å². The molecular formula is C26H22FN7O3. The lowest BCUT2D eigenvalue weighted by molar-refractivity contribution is -0.139. The number of amides is 2.